The number of methoxy groups -OCH3 is 1. The third kappa shape index (κ3) is 3.47. The molecule has 1 aliphatic heterocycles. The van der Waals surface area contributed by atoms with E-state index in [2.05, 4.69) is 18.3 Å². The van der Waals surface area contributed by atoms with Crippen LogP contribution in [-0.4, -0.2) is 25.7 Å². The highest BCUT2D eigenvalue weighted by Crippen LogP contribution is 2.20. The van der Waals surface area contributed by atoms with Crippen LogP contribution in [0.1, 0.15) is 30.9 Å². The first-order valence-electron chi connectivity index (χ1n) is 6.79. The van der Waals surface area contributed by atoms with E-state index < -0.39 is 0 Å². The summed E-state index contributed by atoms with van der Waals surface area (Å²) in [5.74, 6) is 0.892. The number of hydrogen-bond donors (Lipinski definition) is 1. The standard InChI is InChI=1S/C15H21NO3/c1-3-12-9-11(6-7-13(12)18-2)10-16-15(17)14-5-4-8-19-14/h6-7,9,14H,3-5,8,10H2,1-2H3,(H,16,17). The van der Waals surface area contributed by atoms with E-state index in [1.165, 1.54) is 0 Å². The number of amides is 1. The molecule has 19 heavy (non-hydrogen) atoms. The van der Waals surface area contributed by atoms with Crippen molar-refractivity contribution in [3.8, 4) is 5.75 Å². The van der Waals surface area contributed by atoms with Crippen LogP contribution < -0.4 is 10.1 Å². The molecule has 0 saturated carbocycles. The van der Waals surface area contributed by atoms with E-state index in [9.17, 15) is 4.79 Å². The topological polar surface area (TPSA) is 47.6 Å². The van der Waals surface area contributed by atoms with E-state index in [-0.39, 0.29) is 12.0 Å². The van der Waals surface area contributed by atoms with Gasteiger partial charge in [-0.3, -0.25) is 4.79 Å². The Kier molecular flexibility index (Phi) is 4.80. The highest BCUT2D eigenvalue weighted by atomic mass is 16.5. The van der Waals surface area contributed by atoms with Crippen molar-refractivity contribution in [1.82, 2.24) is 5.32 Å². The summed E-state index contributed by atoms with van der Waals surface area (Å²) in [7, 11) is 1.67. The van der Waals surface area contributed by atoms with Gasteiger partial charge in [0, 0.05) is 13.2 Å². The van der Waals surface area contributed by atoms with Crippen LogP contribution in [0.4, 0.5) is 0 Å². The summed E-state index contributed by atoms with van der Waals surface area (Å²) in [6.45, 7) is 3.32. The fourth-order valence-electron chi connectivity index (χ4n) is 2.31. The molecular formula is C15H21NO3. The van der Waals surface area contributed by atoms with E-state index in [1.54, 1.807) is 7.11 Å². The molecule has 0 aromatic heterocycles. The molecule has 0 radical (unpaired) electrons. The average Bonchev–Trinajstić information content (AvgIpc) is 2.98. The first-order valence-corrected chi connectivity index (χ1v) is 6.79. The van der Waals surface area contributed by atoms with Crippen LogP contribution in [0.15, 0.2) is 18.2 Å². The number of carbonyl (C=O) groups is 1. The maximum atomic E-state index is 11.8. The van der Waals surface area contributed by atoms with Gasteiger partial charge < -0.3 is 14.8 Å². The Balaban J connectivity index is 1.93. The Bertz CT molecular complexity index is 439. The second-order valence-electron chi connectivity index (χ2n) is 4.72. The van der Waals surface area contributed by atoms with Gasteiger partial charge in [0.05, 0.1) is 7.11 Å². The SMILES string of the molecule is CCc1cc(CNC(=O)C2CCCO2)ccc1OC. The molecule has 2 rings (SSSR count). The summed E-state index contributed by atoms with van der Waals surface area (Å²) in [6.07, 6.45) is 2.45. The zero-order valence-corrected chi connectivity index (χ0v) is 11.6. The number of benzene rings is 1. The molecule has 1 unspecified atom stereocenters. The van der Waals surface area contributed by atoms with Gasteiger partial charge in [0.25, 0.3) is 0 Å². The predicted octanol–water partition coefficient (Wildman–Crippen LogP) is 2.05. The first-order chi connectivity index (χ1) is 9.24. The Morgan fingerprint density at radius 1 is 1.53 bits per heavy atom. The van der Waals surface area contributed by atoms with Crippen LogP contribution >= 0.6 is 0 Å². The van der Waals surface area contributed by atoms with Gasteiger partial charge in [-0.1, -0.05) is 19.1 Å². The second-order valence-corrected chi connectivity index (χ2v) is 4.72. The zero-order chi connectivity index (χ0) is 13.7. The van der Waals surface area contributed by atoms with Crippen molar-refractivity contribution in [3.05, 3.63) is 29.3 Å². The van der Waals surface area contributed by atoms with Crippen molar-refractivity contribution >= 4 is 5.91 Å². The van der Waals surface area contributed by atoms with Crippen LogP contribution in [0.5, 0.6) is 5.75 Å². The number of carbonyl (C=O) groups excluding carboxylic acids is 1. The van der Waals surface area contributed by atoms with Gasteiger partial charge in [-0.25, -0.2) is 0 Å². The first kappa shape index (κ1) is 13.9. The lowest BCUT2D eigenvalue weighted by Gasteiger charge is -2.12. The fraction of sp³-hybridized carbons (Fsp3) is 0.533. The van der Waals surface area contributed by atoms with E-state index in [1.807, 2.05) is 12.1 Å². The van der Waals surface area contributed by atoms with Gasteiger partial charge in [-0.2, -0.15) is 0 Å². The van der Waals surface area contributed by atoms with E-state index >= 15 is 0 Å². The number of ether oxygens (including phenoxy) is 2. The molecular weight excluding hydrogens is 242 g/mol. The molecule has 1 fully saturated rings. The molecule has 0 bridgehead atoms. The summed E-state index contributed by atoms with van der Waals surface area (Å²) >= 11 is 0. The second kappa shape index (κ2) is 6.57. The molecule has 1 N–H and O–H groups in total. The maximum absolute atomic E-state index is 11.8. The normalized spacial score (nSPS) is 18.3. The van der Waals surface area contributed by atoms with Crippen molar-refractivity contribution in [2.24, 2.45) is 0 Å². The van der Waals surface area contributed by atoms with Gasteiger partial charge >= 0.3 is 0 Å². The molecule has 1 heterocycles. The van der Waals surface area contributed by atoms with Crippen molar-refractivity contribution in [2.75, 3.05) is 13.7 Å². The molecule has 4 heteroatoms. The van der Waals surface area contributed by atoms with Gasteiger partial charge in [-0.05, 0) is 36.5 Å². The van der Waals surface area contributed by atoms with Crippen molar-refractivity contribution in [2.45, 2.75) is 38.8 Å². The lowest BCUT2D eigenvalue weighted by Crippen LogP contribution is -2.33. The third-order valence-electron chi connectivity index (χ3n) is 3.41. The average molecular weight is 263 g/mol. The van der Waals surface area contributed by atoms with Crippen LogP contribution in [0.25, 0.3) is 0 Å². The monoisotopic (exact) mass is 263 g/mol. The van der Waals surface area contributed by atoms with Crippen LogP contribution in [0.2, 0.25) is 0 Å². The molecule has 1 aliphatic rings. The Morgan fingerprint density at radius 3 is 3.00 bits per heavy atom. The largest absolute Gasteiger partial charge is 0.496 e. The number of rotatable bonds is 5. The van der Waals surface area contributed by atoms with Crippen LogP contribution in [0, 0.1) is 0 Å². The van der Waals surface area contributed by atoms with E-state index in [0.29, 0.717) is 13.2 Å². The Labute approximate surface area is 114 Å². The lowest BCUT2D eigenvalue weighted by atomic mass is 10.1. The third-order valence-corrected chi connectivity index (χ3v) is 3.41. The Hall–Kier alpha value is -1.55. The number of hydrogen-bond acceptors (Lipinski definition) is 3. The molecule has 104 valence electrons. The quantitative estimate of drug-likeness (QED) is 0.884. The highest BCUT2D eigenvalue weighted by molar-refractivity contribution is 5.80. The van der Waals surface area contributed by atoms with Crippen molar-refractivity contribution in [3.63, 3.8) is 0 Å². The number of aryl methyl sites for hydroxylation is 1. The number of nitrogens with one attached hydrogen (secondary N) is 1. The molecule has 0 spiro atoms. The summed E-state index contributed by atoms with van der Waals surface area (Å²) in [5, 5.41) is 2.92. The molecule has 1 aromatic rings. The minimum Gasteiger partial charge on any atom is -0.496 e. The Morgan fingerprint density at radius 2 is 2.37 bits per heavy atom. The summed E-state index contributed by atoms with van der Waals surface area (Å²) < 4.78 is 10.6. The molecule has 1 saturated heterocycles. The van der Waals surface area contributed by atoms with Gasteiger partial charge in [0.2, 0.25) is 5.91 Å². The van der Waals surface area contributed by atoms with Gasteiger partial charge in [0.15, 0.2) is 0 Å². The summed E-state index contributed by atoms with van der Waals surface area (Å²) in [4.78, 5) is 11.8. The lowest BCUT2D eigenvalue weighted by molar-refractivity contribution is -0.130. The minimum atomic E-state index is -0.260. The summed E-state index contributed by atoms with van der Waals surface area (Å²) in [6, 6.07) is 6.01. The van der Waals surface area contributed by atoms with Gasteiger partial charge in [0.1, 0.15) is 11.9 Å². The van der Waals surface area contributed by atoms with Crippen LogP contribution in [-0.2, 0) is 22.5 Å². The predicted molar refractivity (Wildman–Crippen MR) is 73.2 cm³/mol. The smallest absolute Gasteiger partial charge is 0.249 e. The van der Waals surface area contributed by atoms with Crippen molar-refractivity contribution in [1.29, 1.82) is 0 Å². The molecule has 1 amide bonds. The zero-order valence-electron chi connectivity index (χ0n) is 11.6. The van der Waals surface area contributed by atoms with Crippen molar-refractivity contribution < 1.29 is 14.3 Å². The maximum Gasteiger partial charge on any atom is 0.249 e. The molecule has 1 atom stereocenters. The fourth-order valence-corrected chi connectivity index (χ4v) is 2.31. The molecule has 4 nitrogen and oxygen atoms in total. The van der Waals surface area contributed by atoms with E-state index in [4.69, 9.17) is 9.47 Å². The molecule has 1 aromatic carbocycles. The minimum absolute atomic E-state index is 0.00799. The van der Waals surface area contributed by atoms with Gasteiger partial charge in [-0.15, -0.1) is 0 Å². The van der Waals surface area contributed by atoms with Crippen LogP contribution in [0.3, 0.4) is 0 Å². The molecule has 0 aliphatic carbocycles. The highest BCUT2D eigenvalue weighted by Gasteiger charge is 2.22. The summed E-state index contributed by atoms with van der Waals surface area (Å²) in [5.41, 5.74) is 2.25. The van der Waals surface area contributed by atoms with E-state index in [0.717, 1.165) is 36.1 Å².